The van der Waals surface area contributed by atoms with Crippen molar-refractivity contribution >= 4 is 11.8 Å². The molecule has 0 radical (unpaired) electrons. The summed E-state index contributed by atoms with van der Waals surface area (Å²) in [4.78, 5) is 34.3. The molecular weight excluding hydrogens is 418 g/mol. The minimum Gasteiger partial charge on any atom is -0.493 e. The van der Waals surface area contributed by atoms with Crippen molar-refractivity contribution in [1.82, 2.24) is 14.8 Å². The summed E-state index contributed by atoms with van der Waals surface area (Å²) in [5, 5.41) is 0. The van der Waals surface area contributed by atoms with E-state index in [0.717, 1.165) is 43.4 Å². The van der Waals surface area contributed by atoms with Crippen LogP contribution in [0.25, 0.3) is 0 Å². The van der Waals surface area contributed by atoms with Gasteiger partial charge in [-0.1, -0.05) is 18.9 Å². The molecule has 1 aromatic carbocycles. The summed E-state index contributed by atoms with van der Waals surface area (Å²) in [6.07, 6.45) is 8.79. The van der Waals surface area contributed by atoms with E-state index in [1.54, 1.807) is 26.6 Å². The second kappa shape index (κ2) is 10.7. The average molecular weight is 452 g/mol. The molecule has 0 aliphatic carbocycles. The third-order valence-corrected chi connectivity index (χ3v) is 6.81. The first kappa shape index (κ1) is 23.1. The van der Waals surface area contributed by atoms with Gasteiger partial charge in [-0.05, 0) is 54.7 Å². The molecule has 2 fully saturated rings. The quantitative estimate of drug-likeness (QED) is 0.643. The third-order valence-electron chi connectivity index (χ3n) is 6.81. The standard InChI is InChI=1S/C26H33N3O4/c1-32-23-8-7-19(16-24(23)33-2)11-15-28-18-21(17-25(28)30)26(31)29-14-5-3-4-6-22(29)20-9-12-27-13-10-20/h7-10,12-13,16,21-22H,3-6,11,14-15,17-18H2,1-2H3. The van der Waals surface area contributed by atoms with Gasteiger partial charge < -0.3 is 19.3 Å². The minimum absolute atomic E-state index is 0.0594. The van der Waals surface area contributed by atoms with Crippen molar-refractivity contribution in [3.8, 4) is 11.5 Å². The number of hydrogen-bond acceptors (Lipinski definition) is 5. The van der Waals surface area contributed by atoms with Gasteiger partial charge in [-0.25, -0.2) is 0 Å². The van der Waals surface area contributed by atoms with Gasteiger partial charge in [0.25, 0.3) is 0 Å². The van der Waals surface area contributed by atoms with E-state index in [1.807, 2.05) is 40.1 Å². The first-order valence-corrected chi connectivity index (χ1v) is 11.8. The van der Waals surface area contributed by atoms with Crippen molar-refractivity contribution in [1.29, 1.82) is 0 Å². The number of hydrogen-bond donors (Lipinski definition) is 0. The molecule has 2 amide bonds. The van der Waals surface area contributed by atoms with E-state index in [0.29, 0.717) is 37.4 Å². The largest absolute Gasteiger partial charge is 0.493 e. The fourth-order valence-electron chi connectivity index (χ4n) is 4.99. The normalized spacial score (nSPS) is 21.1. The average Bonchev–Trinajstić information content (AvgIpc) is 3.06. The summed E-state index contributed by atoms with van der Waals surface area (Å²) in [6.45, 7) is 1.83. The Morgan fingerprint density at radius 2 is 1.85 bits per heavy atom. The van der Waals surface area contributed by atoms with Gasteiger partial charge >= 0.3 is 0 Å². The molecule has 4 rings (SSSR count). The van der Waals surface area contributed by atoms with E-state index in [1.165, 1.54) is 0 Å². The van der Waals surface area contributed by atoms with Crippen LogP contribution in [0.4, 0.5) is 0 Å². The van der Waals surface area contributed by atoms with E-state index in [-0.39, 0.29) is 23.8 Å². The summed E-state index contributed by atoms with van der Waals surface area (Å²) < 4.78 is 10.7. The van der Waals surface area contributed by atoms with Gasteiger partial charge in [-0.2, -0.15) is 0 Å². The van der Waals surface area contributed by atoms with Crippen LogP contribution in [-0.4, -0.2) is 60.5 Å². The number of methoxy groups -OCH3 is 2. The molecule has 2 unspecified atom stereocenters. The van der Waals surface area contributed by atoms with Gasteiger partial charge in [0.2, 0.25) is 11.8 Å². The molecule has 7 nitrogen and oxygen atoms in total. The van der Waals surface area contributed by atoms with E-state index in [4.69, 9.17) is 9.47 Å². The second-order valence-corrected chi connectivity index (χ2v) is 8.86. The summed E-state index contributed by atoms with van der Waals surface area (Å²) >= 11 is 0. The van der Waals surface area contributed by atoms with Gasteiger partial charge in [0, 0.05) is 38.4 Å². The molecule has 0 bridgehead atoms. The number of pyridine rings is 1. The van der Waals surface area contributed by atoms with Crippen molar-refractivity contribution in [3.05, 3.63) is 53.9 Å². The molecule has 2 saturated heterocycles. The minimum atomic E-state index is -0.273. The van der Waals surface area contributed by atoms with Crippen LogP contribution in [0, 0.1) is 5.92 Å². The molecule has 1 aromatic heterocycles. The molecule has 2 atom stereocenters. The highest BCUT2D eigenvalue weighted by atomic mass is 16.5. The molecule has 2 aliphatic heterocycles. The van der Waals surface area contributed by atoms with Crippen molar-refractivity contribution in [2.45, 2.75) is 44.6 Å². The number of ether oxygens (including phenoxy) is 2. The Morgan fingerprint density at radius 3 is 2.61 bits per heavy atom. The maximum Gasteiger partial charge on any atom is 0.228 e. The first-order chi connectivity index (χ1) is 16.1. The highest BCUT2D eigenvalue weighted by Crippen LogP contribution is 2.33. The smallest absolute Gasteiger partial charge is 0.228 e. The summed E-state index contributed by atoms with van der Waals surface area (Å²) in [5.41, 5.74) is 2.20. The van der Waals surface area contributed by atoms with Crippen LogP contribution in [0.1, 0.15) is 49.3 Å². The number of nitrogens with zero attached hydrogens (tertiary/aromatic N) is 3. The molecule has 0 saturated carbocycles. The molecular formula is C26H33N3O4. The van der Waals surface area contributed by atoms with Gasteiger partial charge in [-0.15, -0.1) is 0 Å². The number of carbonyl (C=O) groups is 2. The van der Waals surface area contributed by atoms with Crippen LogP contribution >= 0.6 is 0 Å². The zero-order chi connectivity index (χ0) is 23.2. The van der Waals surface area contributed by atoms with E-state index < -0.39 is 0 Å². The monoisotopic (exact) mass is 451 g/mol. The Hall–Kier alpha value is -3.09. The summed E-state index contributed by atoms with van der Waals surface area (Å²) in [7, 11) is 3.23. The van der Waals surface area contributed by atoms with E-state index in [2.05, 4.69) is 4.98 Å². The van der Waals surface area contributed by atoms with Crippen LogP contribution in [0.2, 0.25) is 0 Å². The maximum absolute atomic E-state index is 13.6. The summed E-state index contributed by atoms with van der Waals surface area (Å²) in [6, 6.07) is 9.89. The Labute approximate surface area is 195 Å². The van der Waals surface area contributed by atoms with Crippen LogP contribution in [0.15, 0.2) is 42.7 Å². The van der Waals surface area contributed by atoms with Crippen LogP contribution in [0.3, 0.4) is 0 Å². The highest BCUT2D eigenvalue weighted by molar-refractivity contribution is 5.89. The molecule has 2 aliphatic rings. The Kier molecular flexibility index (Phi) is 7.47. The third kappa shape index (κ3) is 5.29. The number of carbonyl (C=O) groups excluding carboxylic acids is 2. The van der Waals surface area contributed by atoms with Gasteiger partial charge in [0.1, 0.15) is 0 Å². The molecule has 0 spiro atoms. The number of rotatable bonds is 7. The van der Waals surface area contributed by atoms with Gasteiger partial charge in [0.15, 0.2) is 11.5 Å². The Morgan fingerprint density at radius 1 is 1.06 bits per heavy atom. The van der Waals surface area contributed by atoms with Crippen molar-refractivity contribution in [2.75, 3.05) is 33.9 Å². The Bertz CT molecular complexity index is 965. The predicted octanol–water partition coefficient (Wildman–Crippen LogP) is 3.63. The number of likely N-dealkylation sites (tertiary alicyclic amines) is 2. The summed E-state index contributed by atoms with van der Waals surface area (Å²) in [5.74, 6) is 1.26. The van der Waals surface area contributed by atoms with Crippen LogP contribution < -0.4 is 9.47 Å². The van der Waals surface area contributed by atoms with E-state index >= 15 is 0 Å². The SMILES string of the molecule is COc1ccc(CCN2CC(C(=O)N3CCCCCC3c3ccncc3)CC2=O)cc1OC. The lowest BCUT2D eigenvalue weighted by Gasteiger charge is -2.32. The van der Waals surface area contributed by atoms with Crippen molar-refractivity contribution in [3.63, 3.8) is 0 Å². The fourth-order valence-corrected chi connectivity index (χ4v) is 4.99. The first-order valence-electron chi connectivity index (χ1n) is 11.8. The molecule has 33 heavy (non-hydrogen) atoms. The zero-order valence-electron chi connectivity index (χ0n) is 19.5. The molecule has 2 aromatic rings. The lowest BCUT2D eigenvalue weighted by atomic mass is 9.99. The maximum atomic E-state index is 13.6. The molecule has 7 heteroatoms. The molecule has 0 N–H and O–H groups in total. The van der Waals surface area contributed by atoms with Crippen molar-refractivity contribution in [2.24, 2.45) is 5.92 Å². The number of amides is 2. The second-order valence-electron chi connectivity index (χ2n) is 8.86. The topological polar surface area (TPSA) is 72.0 Å². The van der Waals surface area contributed by atoms with E-state index in [9.17, 15) is 9.59 Å². The van der Waals surface area contributed by atoms with Crippen molar-refractivity contribution < 1.29 is 19.1 Å². The Balaban J connectivity index is 1.41. The fraction of sp³-hybridized carbons (Fsp3) is 0.500. The lowest BCUT2D eigenvalue weighted by Crippen LogP contribution is -2.40. The van der Waals surface area contributed by atoms with Gasteiger partial charge in [-0.3, -0.25) is 14.6 Å². The predicted molar refractivity (Wildman–Crippen MR) is 125 cm³/mol. The lowest BCUT2D eigenvalue weighted by molar-refractivity contribution is -0.138. The number of benzene rings is 1. The number of aromatic nitrogens is 1. The zero-order valence-corrected chi connectivity index (χ0v) is 19.5. The van der Waals surface area contributed by atoms with Crippen LogP contribution in [0.5, 0.6) is 11.5 Å². The highest BCUT2D eigenvalue weighted by Gasteiger charge is 2.38. The van der Waals surface area contributed by atoms with Crippen LogP contribution in [-0.2, 0) is 16.0 Å². The van der Waals surface area contributed by atoms with Gasteiger partial charge in [0.05, 0.1) is 26.2 Å². The molecule has 3 heterocycles. The molecule has 176 valence electrons.